The molecule has 2 aliphatic rings. The molecule has 0 spiro atoms. The van der Waals surface area contributed by atoms with Crippen molar-refractivity contribution < 1.29 is 14.0 Å². The number of benzene rings is 1. The second-order valence-electron chi connectivity index (χ2n) is 9.82. The Morgan fingerprint density at radius 2 is 2.03 bits per heavy atom. The van der Waals surface area contributed by atoms with E-state index < -0.39 is 23.3 Å². The van der Waals surface area contributed by atoms with E-state index in [1.54, 1.807) is 11.0 Å². The Morgan fingerprint density at radius 1 is 1.34 bits per heavy atom. The molecule has 2 atom stereocenters. The topological polar surface area (TPSA) is 114 Å². The maximum Gasteiger partial charge on any atom is 0.268 e. The van der Waals surface area contributed by atoms with E-state index in [4.69, 9.17) is 11.5 Å². The molecule has 1 aromatic carbocycles. The minimum Gasteiger partial charge on any atom is -0.405 e. The number of hydrogen-bond donors (Lipinski definition) is 3. The second-order valence-corrected chi connectivity index (χ2v) is 9.82. The average Bonchev–Trinajstić information content (AvgIpc) is 3.61. The molecule has 172 valence electrons. The number of hydrogen-bond acceptors (Lipinski definition) is 5. The van der Waals surface area contributed by atoms with E-state index in [0.29, 0.717) is 17.7 Å². The van der Waals surface area contributed by atoms with E-state index in [2.05, 4.69) is 17.2 Å². The minimum atomic E-state index is -0.730. The number of aliphatic imine (C=N–C) groups is 1. The summed E-state index contributed by atoms with van der Waals surface area (Å²) in [6.07, 6.45) is 7.24. The van der Waals surface area contributed by atoms with Crippen molar-refractivity contribution in [1.82, 2.24) is 10.2 Å². The van der Waals surface area contributed by atoms with Crippen LogP contribution in [0.3, 0.4) is 0 Å². The number of primary amides is 1. The summed E-state index contributed by atoms with van der Waals surface area (Å²) in [5.41, 5.74) is 11.6. The lowest BCUT2D eigenvalue weighted by Gasteiger charge is -2.32. The Bertz CT molecular complexity index is 989. The quantitative estimate of drug-likeness (QED) is 0.327. The third-order valence-electron chi connectivity index (χ3n) is 5.98. The summed E-state index contributed by atoms with van der Waals surface area (Å²) in [6, 6.07) is 4.72. The summed E-state index contributed by atoms with van der Waals surface area (Å²) in [7, 11) is 0. The Morgan fingerprint density at radius 3 is 2.56 bits per heavy atom. The van der Waals surface area contributed by atoms with Crippen molar-refractivity contribution in [2.75, 3.05) is 6.54 Å². The molecule has 1 aromatic rings. The van der Waals surface area contributed by atoms with Gasteiger partial charge in [-0.25, -0.2) is 4.39 Å². The third kappa shape index (κ3) is 5.36. The summed E-state index contributed by atoms with van der Waals surface area (Å²) in [5, 5.41) is 2.98. The van der Waals surface area contributed by atoms with E-state index >= 15 is 0 Å². The van der Waals surface area contributed by atoms with Crippen molar-refractivity contribution in [3.8, 4) is 0 Å². The standard InChI is InChI=1S/C24H32FN5O2/c1-23(2,3)21(15-6-7-16(17(25)12-15)24(4)8-9-24)29-22(32)18(13-19(27)31)30-14-20(30)28-11-5-10-26/h5-7,10-13,20-21H,8-9,14,26H2,1-4H3,(H2,27,31)(H,29,32)/b10-5?,18-13-,28-11?. The summed E-state index contributed by atoms with van der Waals surface area (Å²) < 4.78 is 14.9. The van der Waals surface area contributed by atoms with Crippen molar-refractivity contribution in [1.29, 1.82) is 0 Å². The van der Waals surface area contributed by atoms with Crippen molar-refractivity contribution in [2.24, 2.45) is 21.9 Å². The van der Waals surface area contributed by atoms with Gasteiger partial charge in [-0.15, -0.1) is 0 Å². The van der Waals surface area contributed by atoms with E-state index in [9.17, 15) is 14.0 Å². The SMILES string of the molecule is CC1(c2ccc(C(NC(=O)/C(=C/C(N)=O)N3CC3N=CC=CN)C(C)(C)C)cc2F)CC1. The summed E-state index contributed by atoms with van der Waals surface area (Å²) >= 11 is 0. The van der Waals surface area contributed by atoms with Gasteiger partial charge in [0.05, 0.1) is 12.6 Å². The van der Waals surface area contributed by atoms with Crippen LogP contribution in [0, 0.1) is 11.2 Å². The molecule has 0 aromatic heterocycles. The fourth-order valence-corrected chi connectivity index (χ4v) is 3.79. The number of rotatable bonds is 8. The lowest BCUT2D eigenvalue weighted by molar-refractivity contribution is -0.120. The van der Waals surface area contributed by atoms with Gasteiger partial charge in [0.2, 0.25) is 5.91 Å². The van der Waals surface area contributed by atoms with Gasteiger partial charge in [-0.05, 0) is 53.1 Å². The van der Waals surface area contributed by atoms with Crippen LogP contribution in [0.2, 0.25) is 0 Å². The molecule has 3 rings (SSSR count). The predicted molar refractivity (Wildman–Crippen MR) is 123 cm³/mol. The molecule has 0 bridgehead atoms. The Balaban J connectivity index is 1.84. The van der Waals surface area contributed by atoms with Crippen LogP contribution in [0.5, 0.6) is 0 Å². The van der Waals surface area contributed by atoms with Crippen LogP contribution >= 0.6 is 0 Å². The van der Waals surface area contributed by atoms with Crippen LogP contribution in [-0.2, 0) is 15.0 Å². The minimum absolute atomic E-state index is 0.0889. The van der Waals surface area contributed by atoms with Crippen molar-refractivity contribution in [3.05, 3.63) is 59.2 Å². The number of nitrogens with one attached hydrogen (secondary N) is 1. The molecular formula is C24H32FN5O2. The van der Waals surface area contributed by atoms with E-state index in [1.165, 1.54) is 18.5 Å². The first-order valence-corrected chi connectivity index (χ1v) is 10.7. The van der Waals surface area contributed by atoms with Gasteiger partial charge < -0.3 is 21.7 Å². The second kappa shape index (κ2) is 8.76. The molecule has 2 amide bonds. The van der Waals surface area contributed by atoms with Crippen LogP contribution < -0.4 is 16.8 Å². The van der Waals surface area contributed by atoms with Crippen LogP contribution in [-0.4, -0.2) is 35.6 Å². The molecule has 5 N–H and O–H groups in total. The Labute approximate surface area is 188 Å². The number of nitrogens with two attached hydrogens (primary N) is 2. The molecule has 1 saturated carbocycles. The lowest BCUT2D eigenvalue weighted by Crippen LogP contribution is -2.39. The maximum atomic E-state index is 14.9. The van der Waals surface area contributed by atoms with Crippen LogP contribution in [0.4, 0.5) is 4.39 Å². The first-order chi connectivity index (χ1) is 15.0. The smallest absolute Gasteiger partial charge is 0.268 e. The highest BCUT2D eigenvalue weighted by Crippen LogP contribution is 2.49. The van der Waals surface area contributed by atoms with Gasteiger partial charge in [0.1, 0.15) is 17.7 Å². The summed E-state index contributed by atoms with van der Waals surface area (Å²) in [4.78, 5) is 30.7. The zero-order chi connectivity index (χ0) is 23.7. The fourth-order valence-electron chi connectivity index (χ4n) is 3.79. The molecule has 7 nitrogen and oxygen atoms in total. The Kier molecular flexibility index (Phi) is 6.44. The summed E-state index contributed by atoms with van der Waals surface area (Å²) in [5.74, 6) is -1.45. The van der Waals surface area contributed by atoms with Crippen molar-refractivity contribution >= 4 is 18.0 Å². The number of allylic oxidation sites excluding steroid dienone is 1. The van der Waals surface area contributed by atoms with Gasteiger partial charge >= 0.3 is 0 Å². The van der Waals surface area contributed by atoms with Crippen molar-refractivity contribution in [2.45, 2.75) is 58.2 Å². The molecule has 2 fully saturated rings. The molecule has 1 aliphatic heterocycles. The number of carbonyl (C=O) groups is 2. The molecule has 1 heterocycles. The normalized spacial score (nSPS) is 21.1. The highest BCUT2D eigenvalue weighted by atomic mass is 19.1. The highest BCUT2D eigenvalue weighted by Gasteiger charge is 2.42. The molecule has 0 radical (unpaired) electrons. The first-order valence-electron chi connectivity index (χ1n) is 10.7. The van der Waals surface area contributed by atoms with Crippen LogP contribution in [0.25, 0.3) is 0 Å². The predicted octanol–water partition coefficient (Wildman–Crippen LogP) is 2.63. The van der Waals surface area contributed by atoms with E-state index in [-0.39, 0.29) is 23.1 Å². The summed E-state index contributed by atoms with van der Waals surface area (Å²) in [6.45, 7) is 8.43. The number of nitrogens with zero attached hydrogens (tertiary/aromatic N) is 2. The van der Waals surface area contributed by atoms with Crippen LogP contribution in [0.15, 0.2) is 47.2 Å². The number of amides is 2. The van der Waals surface area contributed by atoms with E-state index in [0.717, 1.165) is 18.9 Å². The third-order valence-corrected chi connectivity index (χ3v) is 5.98. The van der Waals surface area contributed by atoms with Gasteiger partial charge in [-0.2, -0.15) is 0 Å². The Hall–Kier alpha value is -3.16. The van der Waals surface area contributed by atoms with Crippen molar-refractivity contribution in [3.63, 3.8) is 0 Å². The van der Waals surface area contributed by atoms with E-state index in [1.807, 2.05) is 32.9 Å². The number of halogens is 1. The lowest BCUT2D eigenvalue weighted by atomic mass is 9.81. The zero-order valence-electron chi connectivity index (χ0n) is 19.1. The van der Waals surface area contributed by atoms with Gasteiger partial charge in [0.15, 0.2) is 0 Å². The van der Waals surface area contributed by atoms with Gasteiger partial charge in [0, 0.05) is 12.3 Å². The number of carbonyl (C=O) groups excluding carboxylic acids is 2. The van der Waals surface area contributed by atoms with Crippen LogP contribution in [0.1, 0.15) is 57.7 Å². The van der Waals surface area contributed by atoms with Gasteiger partial charge in [-0.3, -0.25) is 14.6 Å². The molecular weight excluding hydrogens is 409 g/mol. The molecule has 2 unspecified atom stereocenters. The largest absolute Gasteiger partial charge is 0.405 e. The molecule has 1 aliphatic carbocycles. The molecule has 1 saturated heterocycles. The first kappa shape index (κ1) is 23.5. The highest BCUT2D eigenvalue weighted by molar-refractivity contribution is 6.00. The van der Waals surface area contributed by atoms with Gasteiger partial charge in [-0.1, -0.05) is 39.8 Å². The average molecular weight is 442 g/mol. The van der Waals surface area contributed by atoms with Gasteiger partial charge in [0.25, 0.3) is 5.91 Å². The zero-order valence-corrected chi connectivity index (χ0v) is 19.1. The molecule has 8 heteroatoms. The molecule has 32 heavy (non-hydrogen) atoms. The fraction of sp³-hybridized carbons (Fsp3) is 0.458. The monoisotopic (exact) mass is 441 g/mol. The maximum absolute atomic E-state index is 14.9.